The number of aliphatic hydroxyl groups is 6. The van der Waals surface area contributed by atoms with E-state index in [4.69, 9.17) is 36.5 Å². The van der Waals surface area contributed by atoms with Crippen LogP contribution in [0.3, 0.4) is 0 Å². The highest BCUT2D eigenvalue weighted by Gasteiger charge is 2.59. The predicted molar refractivity (Wildman–Crippen MR) is 147 cm³/mol. The highest BCUT2D eigenvalue weighted by atomic mass is 16.7. The number of rotatable bonds is 11. The molecule has 16 heteroatoms. The Morgan fingerprint density at radius 1 is 1.21 bits per heavy atom. The van der Waals surface area contributed by atoms with Crippen LogP contribution in [-0.2, 0) is 19.0 Å². The van der Waals surface area contributed by atoms with Crippen LogP contribution < -0.4 is 33.2 Å². The molecular weight excluding hydrogens is 556 g/mol. The Balaban J connectivity index is 1.54. The van der Waals surface area contributed by atoms with Crippen molar-refractivity contribution in [3.8, 4) is 0 Å². The Bertz CT molecular complexity index is 976. The molecule has 242 valence electrons. The molecule has 1 saturated heterocycles. The zero-order valence-corrected chi connectivity index (χ0v) is 24.0. The highest BCUT2D eigenvalue weighted by molar-refractivity contribution is 5.89. The minimum atomic E-state index is -1.74. The second-order valence-electron chi connectivity index (χ2n) is 12.3. The van der Waals surface area contributed by atoms with Gasteiger partial charge in [0.1, 0.15) is 29.7 Å². The molecule has 3 fully saturated rings. The molecule has 2 heterocycles. The molecule has 1 amide bonds. The van der Waals surface area contributed by atoms with E-state index in [1.807, 2.05) is 0 Å². The summed E-state index contributed by atoms with van der Waals surface area (Å²) in [6, 6.07) is -3.72. The van der Waals surface area contributed by atoms with Crippen molar-refractivity contribution in [2.24, 2.45) is 23.1 Å². The summed E-state index contributed by atoms with van der Waals surface area (Å²) in [6.45, 7) is 1.31. The fourth-order valence-corrected chi connectivity index (χ4v) is 6.22. The summed E-state index contributed by atoms with van der Waals surface area (Å²) in [5.74, 6) is -0.978. The number of likely N-dealkylation sites (N-methyl/N-ethyl adjacent to an activating group) is 1. The van der Waals surface area contributed by atoms with Gasteiger partial charge in [-0.1, -0.05) is 0 Å². The summed E-state index contributed by atoms with van der Waals surface area (Å²) in [5.41, 5.74) is 15.6. The van der Waals surface area contributed by atoms with E-state index in [-0.39, 0.29) is 32.5 Å². The first-order valence-corrected chi connectivity index (χ1v) is 14.4. The number of aliphatic hydroxyl groups excluding tert-OH is 4. The number of nitrogens with two attached hydrogens (primary N) is 3. The molecule has 15 N–H and O–H groups in total. The molecule has 0 spiro atoms. The van der Waals surface area contributed by atoms with Crippen LogP contribution in [0.5, 0.6) is 0 Å². The topological polar surface area (TPSA) is 280 Å². The van der Waals surface area contributed by atoms with Gasteiger partial charge in [0.15, 0.2) is 11.9 Å². The van der Waals surface area contributed by atoms with Gasteiger partial charge < -0.3 is 78.0 Å². The summed E-state index contributed by atoms with van der Waals surface area (Å²) >= 11 is 0. The van der Waals surface area contributed by atoms with Crippen LogP contribution in [0.15, 0.2) is 11.8 Å². The van der Waals surface area contributed by atoms with E-state index in [9.17, 15) is 30.3 Å². The van der Waals surface area contributed by atoms with Crippen molar-refractivity contribution < 1.29 is 49.6 Å². The van der Waals surface area contributed by atoms with Gasteiger partial charge >= 0.3 is 0 Å². The first-order chi connectivity index (χ1) is 19.7. The standard InChI is InChI=1S/C26H48N6O10/c1-25(38)10-40-23(19(36)22(25)30-2)42-21-15(32-24(37)26(39)6-16(26)29)5-14(28)17(18(21)35)20-13(27)4-3-12(41-20)8-31-7-11(34)9-33/h3,11,13-23,30-31,33-36,38-39H,4-10,27-29H2,1-2H3,(H,32,37)/t11?,13-,14+,15-,16?,17?,18+,19-,20+,21+,22-,23-,25+,26?/m1/s1. The second-order valence-corrected chi connectivity index (χ2v) is 12.3. The quantitative estimate of drug-likeness (QED) is 0.105. The third kappa shape index (κ3) is 6.91. The molecule has 4 rings (SSSR count). The van der Waals surface area contributed by atoms with Crippen molar-refractivity contribution >= 4 is 5.91 Å². The molecule has 2 aliphatic heterocycles. The van der Waals surface area contributed by atoms with Crippen LogP contribution in [0.1, 0.15) is 26.2 Å². The van der Waals surface area contributed by atoms with Crippen molar-refractivity contribution in [3.63, 3.8) is 0 Å². The van der Waals surface area contributed by atoms with Gasteiger partial charge in [-0.3, -0.25) is 4.79 Å². The van der Waals surface area contributed by atoms with Crippen LogP contribution in [0, 0.1) is 5.92 Å². The third-order valence-corrected chi connectivity index (χ3v) is 8.87. The summed E-state index contributed by atoms with van der Waals surface area (Å²) in [7, 11) is 1.57. The number of carbonyl (C=O) groups excluding carboxylic acids is 1. The molecule has 16 nitrogen and oxygen atoms in total. The Morgan fingerprint density at radius 3 is 2.52 bits per heavy atom. The van der Waals surface area contributed by atoms with Crippen molar-refractivity contribution in [2.45, 2.75) is 104 Å². The predicted octanol–water partition coefficient (Wildman–Crippen LogP) is -5.97. The Labute approximate surface area is 244 Å². The van der Waals surface area contributed by atoms with Crippen molar-refractivity contribution in [1.29, 1.82) is 0 Å². The molecule has 14 atom stereocenters. The van der Waals surface area contributed by atoms with Crippen molar-refractivity contribution in [3.05, 3.63) is 11.8 Å². The maximum absolute atomic E-state index is 12.9. The number of amides is 1. The van der Waals surface area contributed by atoms with Gasteiger partial charge in [0.25, 0.3) is 5.91 Å². The lowest BCUT2D eigenvalue weighted by molar-refractivity contribution is -0.297. The first kappa shape index (κ1) is 33.4. The largest absolute Gasteiger partial charge is 0.492 e. The van der Waals surface area contributed by atoms with E-state index in [1.165, 1.54) is 6.92 Å². The monoisotopic (exact) mass is 604 g/mol. The minimum absolute atomic E-state index is 0.0843. The Kier molecular flexibility index (Phi) is 10.5. The maximum Gasteiger partial charge on any atom is 0.253 e. The summed E-state index contributed by atoms with van der Waals surface area (Å²) in [5, 5.41) is 71.1. The molecule has 2 aliphatic carbocycles. The van der Waals surface area contributed by atoms with Gasteiger partial charge in [0, 0.05) is 37.0 Å². The fourth-order valence-electron chi connectivity index (χ4n) is 6.22. The van der Waals surface area contributed by atoms with Crippen LogP contribution in [0.4, 0.5) is 0 Å². The van der Waals surface area contributed by atoms with Crippen molar-refractivity contribution in [2.75, 3.05) is 33.4 Å². The van der Waals surface area contributed by atoms with Crippen LogP contribution >= 0.6 is 0 Å². The minimum Gasteiger partial charge on any atom is -0.492 e. The van der Waals surface area contributed by atoms with Gasteiger partial charge in [-0.25, -0.2) is 0 Å². The molecule has 0 aromatic rings. The lowest BCUT2D eigenvalue weighted by atomic mass is 9.72. The van der Waals surface area contributed by atoms with E-state index >= 15 is 0 Å². The highest BCUT2D eigenvalue weighted by Crippen LogP contribution is 2.38. The Hall–Kier alpha value is -1.51. The van der Waals surface area contributed by atoms with Crippen LogP contribution in [-0.4, -0.2) is 148 Å². The Morgan fingerprint density at radius 2 is 1.90 bits per heavy atom. The maximum atomic E-state index is 12.9. The SMILES string of the molecule is CN[C@@H]1[C@@H](O)[C@@H](O[C@H]2[C@H](NC(=O)C3(O)CC3N)C[C@H](N)C([C@H]3OC(CNCC(O)CO)=CC[C@H]3N)[C@@H]2O)OC[C@]1(C)O. The molecule has 4 unspecified atom stereocenters. The normalized spacial score (nSPS) is 46.4. The summed E-state index contributed by atoms with van der Waals surface area (Å²) in [4.78, 5) is 12.9. The molecule has 2 saturated carbocycles. The molecule has 42 heavy (non-hydrogen) atoms. The zero-order valence-electron chi connectivity index (χ0n) is 24.0. The fraction of sp³-hybridized carbons (Fsp3) is 0.885. The van der Waals surface area contributed by atoms with Crippen LogP contribution in [0.2, 0.25) is 0 Å². The lowest BCUT2D eigenvalue weighted by Gasteiger charge is -2.50. The van der Waals surface area contributed by atoms with Gasteiger partial charge in [0.2, 0.25) is 0 Å². The molecule has 0 aromatic heterocycles. The average Bonchev–Trinajstić information content (AvgIpc) is 3.56. The van der Waals surface area contributed by atoms with Gasteiger partial charge in [0.05, 0.1) is 44.1 Å². The van der Waals surface area contributed by atoms with E-state index < -0.39 is 96.7 Å². The van der Waals surface area contributed by atoms with E-state index in [0.717, 1.165) is 0 Å². The van der Waals surface area contributed by atoms with E-state index in [2.05, 4.69) is 16.0 Å². The number of hydrogen-bond acceptors (Lipinski definition) is 15. The number of ether oxygens (including phenoxy) is 3. The first-order valence-electron chi connectivity index (χ1n) is 14.4. The summed E-state index contributed by atoms with van der Waals surface area (Å²) < 4.78 is 18.0. The smallest absolute Gasteiger partial charge is 0.253 e. The number of carbonyl (C=O) groups is 1. The van der Waals surface area contributed by atoms with Crippen LogP contribution in [0.25, 0.3) is 0 Å². The third-order valence-electron chi connectivity index (χ3n) is 8.87. The van der Waals surface area contributed by atoms with Gasteiger partial charge in [-0.15, -0.1) is 0 Å². The lowest BCUT2D eigenvalue weighted by Crippen LogP contribution is -2.69. The molecule has 0 aromatic carbocycles. The molecule has 0 radical (unpaired) electrons. The van der Waals surface area contributed by atoms with E-state index in [0.29, 0.717) is 12.2 Å². The number of nitrogens with one attached hydrogen (secondary N) is 3. The van der Waals surface area contributed by atoms with E-state index in [1.54, 1.807) is 13.1 Å². The second kappa shape index (κ2) is 13.2. The van der Waals surface area contributed by atoms with Gasteiger partial charge in [-0.05, 0) is 32.9 Å². The number of hydrogen-bond donors (Lipinski definition) is 12. The zero-order chi connectivity index (χ0) is 31.0. The van der Waals surface area contributed by atoms with Gasteiger partial charge in [-0.2, -0.15) is 0 Å². The van der Waals surface area contributed by atoms with Crippen molar-refractivity contribution in [1.82, 2.24) is 16.0 Å². The summed E-state index contributed by atoms with van der Waals surface area (Å²) in [6.07, 6.45) is -4.47. The average molecular weight is 605 g/mol. The molecular formula is C26H48N6O10. The molecule has 4 aliphatic rings. The molecule has 0 bridgehead atoms.